The average Bonchev–Trinajstić information content (AvgIpc) is 2.85. The van der Waals surface area contributed by atoms with Crippen LogP contribution in [0.25, 0.3) is 0 Å². The maximum absolute atomic E-state index is 13.5. The van der Waals surface area contributed by atoms with E-state index in [0.29, 0.717) is 6.42 Å². The van der Waals surface area contributed by atoms with Crippen molar-refractivity contribution in [1.82, 2.24) is 15.1 Å². The first kappa shape index (κ1) is 15.0. The first-order chi connectivity index (χ1) is 9.61. The fourth-order valence-corrected chi connectivity index (χ4v) is 2.35. The number of halogens is 2. The second-order valence-electron chi connectivity index (χ2n) is 4.84. The third-order valence-corrected chi connectivity index (χ3v) is 3.59. The van der Waals surface area contributed by atoms with Gasteiger partial charge < -0.3 is 5.32 Å². The third-order valence-electron chi connectivity index (χ3n) is 3.28. The molecule has 0 aliphatic carbocycles. The highest BCUT2D eigenvalue weighted by Crippen LogP contribution is 2.21. The maximum atomic E-state index is 13.5. The lowest BCUT2D eigenvalue weighted by Gasteiger charge is -2.19. The Balaban J connectivity index is 2.19. The second kappa shape index (κ2) is 6.86. The van der Waals surface area contributed by atoms with E-state index < -0.39 is 0 Å². The van der Waals surface area contributed by atoms with E-state index in [-0.39, 0.29) is 16.9 Å². The fraction of sp³-hybridized carbons (Fsp3) is 0.400. The summed E-state index contributed by atoms with van der Waals surface area (Å²) in [5, 5.41) is 7.84. The maximum Gasteiger partial charge on any atom is 0.142 e. The molecule has 0 aliphatic heterocycles. The Morgan fingerprint density at radius 1 is 1.40 bits per heavy atom. The molecule has 1 N–H and O–H groups in total. The molecule has 0 amide bonds. The van der Waals surface area contributed by atoms with E-state index >= 15 is 0 Å². The van der Waals surface area contributed by atoms with Crippen LogP contribution in [0.15, 0.2) is 30.5 Å². The number of hydrogen-bond donors (Lipinski definition) is 1. The van der Waals surface area contributed by atoms with Crippen molar-refractivity contribution in [1.29, 1.82) is 0 Å². The van der Waals surface area contributed by atoms with Gasteiger partial charge in [0.15, 0.2) is 0 Å². The zero-order chi connectivity index (χ0) is 14.5. The normalized spacial score (nSPS) is 12.6. The summed E-state index contributed by atoms with van der Waals surface area (Å²) in [5.74, 6) is -0.372. The van der Waals surface area contributed by atoms with Gasteiger partial charge in [-0.05, 0) is 43.1 Å². The minimum Gasteiger partial charge on any atom is -0.308 e. The van der Waals surface area contributed by atoms with Crippen molar-refractivity contribution in [2.75, 3.05) is 6.54 Å². The van der Waals surface area contributed by atoms with Crippen LogP contribution in [0.4, 0.5) is 4.39 Å². The molecule has 3 nitrogen and oxygen atoms in total. The molecule has 0 aliphatic rings. The van der Waals surface area contributed by atoms with Gasteiger partial charge in [0.05, 0.1) is 16.8 Å². The molecule has 2 rings (SSSR count). The van der Waals surface area contributed by atoms with Crippen LogP contribution >= 0.6 is 11.6 Å². The monoisotopic (exact) mass is 295 g/mol. The predicted molar refractivity (Wildman–Crippen MR) is 79.4 cm³/mol. The van der Waals surface area contributed by atoms with Gasteiger partial charge in [-0.2, -0.15) is 5.10 Å². The Morgan fingerprint density at radius 2 is 2.20 bits per heavy atom. The highest BCUT2D eigenvalue weighted by Gasteiger charge is 2.15. The quantitative estimate of drug-likeness (QED) is 0.884. The predicted octanol–water partition coefficient (Wildman–Crippen LogP) is 3.50. The van der Waals surface area contributed by atoms with Crippen molar-refractivity contribution in [2.24, 2.45) is 7.05 Å². The molecule has 0 saturated carbocycles. The highest BCUT2D eigenvalue weighted by molar-refractivity contribution is 6.30. The van der Waals surface area contributed by atoms with Crippen LogP contribution in [-0.4, -0.2) is 16.3 Å². The van der Waals surface area contributed by atoms with Crippen molar-refractivity contribution < 1.29 is 4.39 Å². The Labute approximate surface area is 123 Å². The van der Waals surface area contributed by atoms with Gasteiger partial charge in [-0.25, -0.2) is 4.39 Å². The average molecular weight is 296 g/mol. The Hall–Kier alpha value is -1.39. The van der Waals surface area contributed by atoms with Crippen molar-refractivity contribution in [3.63, 3.8) is 0 Å². The minimum absolute atomic E-state index is 0.114. The molecule has 0 spiro atoms. The lowest BCUT2D eigenvalue weighted by molar-refractivity contribution is 0.492. The van der Waals surface area contributed by atoms with E-state index in [1.165, 1.54) is 6.07 Å². The van der Waals surface area contributed by atoms with Crippen molar-refractivity contribution in [2.45, 2.75) is 25.8 Å². The summed E-state index contributed by atoms with van der Waals surface area (Å²) in [6.45, 7) is 3.03. The van der Waals surface area contributed by atoms with Gasteiger partial charge in [0.1, 0.15) is 5.82 Å². The van der Waals surface area contributed by atoms with Crippen molar-refractivity contribution in [3.05, 3.63) is 52.6 Å². The number of rotatable bonds is 6. The van der Waals surface area contributed by atoms with Gasteiger partial charge in [-0.1, -0.05) is 24.6 Å². The van der Waals surface area contributed by atoms with Gasteiger partial charge in [0.2, 0.25) is 0 Å². The molecular weight excluding hydrogens is 277 g/mol. The fourth-order valence-electron chi connectivity index (χ4n) is 2.23. The van der Waals surface area contributed by atoms with Crippen LogP contribution in [0.5, 0.6) is 0 Å². The van der Waals surface area contributed by atoms with Crippen LogP contribution in [0.1, 0.15) is 30.6 Å². The number of nitrogens with zero attached hydrogens (tertiary/aromatic N) is 2. The molecular formula is C15H19ClFN3. The summed E-state index contributed by atoms with van der Waals surface area (Å²) in [5.41, 5.74) is 2.01. The minimum atomic E-state index is -0.372. The standard InChI is InChI=1S/C15H19ClFN3/c1-3-7-18-14(15-6-8-19-20(15)2)10-11-4-5-12(16)13(17)9-11/h4-6,8-9,14,18H,3,7,10H2,1-2H3. The van der Waals surface area contributed by atoms with Crippen LogP contribution < -0.4 is 5.32 Å². The van der Waals surface area contributed by atoms with E-state index in [4.69, 9.17) is 11.6 Å². The summed E-state index contributed by atoms with van der Waals surface area (Å²) in [7, 11) is 1.92. The summed E-state index contributed by atoms with van der Waals surface area (Å²) in [6, 6.07) is 7.07. The Bertz CT molecular complexity index is 568. The molecule has 5 heteroatoms. The van der Waals surface area contributed by atoms with E-state index in [1.54, 1.807) is 12.3 Å². The lowest BCUT2D eigenvalue weighted by Crippen LogP contribution is -2.26. The highest BCUT2D eigenvalue weighted by atomic mass is 35.5. The number of aryl methyl sites for hydroxylation is 1. The number of benzene rings is 1. The van der Waals surface area contributed by atoms with E-state index in [9.17, 15) is 4.39 Å². The second-order valence-corrected chi connectivity index (χ2v) is 5.25. The molecule has 2 aromatic rings. The smallest absolute Gasteiger partial charge is 0.142 e. The first-order valence-electron chi connectivity index (χ1n) is 6.77. The molecule has 1 aromatic heterocycles. The number of hydrogen-bond acceptors (Lipinski definition) is 2. The molecule has 1 aromatic carbocycles. The summed E-state index contributed by atoms with van der Waals surface area (Å²) in [4.78, 5) is 0. The van der Waals surface area contributed by atoms with E-state index in [1.807, 2.05) is 23.9 Å². The SMILES string of the molecule is CCCNC(Cc1ccc(Cl)c(F)c1)c1ccnn1C. The number of nitrogens with one attached hydrogen (secondary N) is 1. The van der Waals surface area contributed by atoms with Crippen LogP contribution in [0, 0.1) is 5.82 Å². The molecule has 0 saturated heterocycles. The Morgan fingerprint density at radius 3 is 2.80 bits per heavy atom. The first-order valence-corrected chi connectivity index (χ1v) is 7.14. The van der Waals surface area contributed by atoms with Crippen molar-refractivity contribution >= 4 is 11.6 Å². The zero-order valence-electron chi connectivity index (χ0n) is 11.7. The Kier molecular flexibility index (Phi) is 5.15. The molecule has 0 radical (unpaired) electrons. The van der Waals surface area contributed by atoms with E-state index in [2.05, 4.69) is 17.3 Å². The number of aromatic nitrogens is 2. The lowest BCUT2D eigenvalue weighted by atomic mass is 10.0. The van der Waals surface area contributed by atoms with Gasteiger partial charge in [0, 0.05) is 13.2 Å². The third kappa shape index (κ3) is 3.58. The summed E-state index contributed by atoms with van der Waals surface area (Å²) < 4.78 is 15.4. The van der Waals surface area contributed by atoms with Gasteiger partial charge in [0.25, 0.3) is 0 Å². The van der Waals surface area contributed by atoms with Crippen LogP contribution in [0.3, 0.4) is 0 Å². The van der Waals surface area contributed by atoms with Gasteiger partial charge in [-0.15, -0.1) is 0 Å². The molecule has 108 valence electrons. The van der Waals surface area contributed by atoms with Gasteiger partial charge in [-0.3, -0.25) is 4.68 Å². The van der Waals surface area contributed by atoms with Crippen LogP contribution in [0.2, 0.25) is 5.02 Å². The molecule has 0 bridgehead atoms. The summed E-state index contributed by atoms with van der Waals surface area (Å²) in [6.07, 6.45) is 3.52. The van der Waals surface area contributed by atoms with Gasteiger partial charge >= 0.3 is 0 Å². The topological polar surface area (TPSA) is 29.9 Å². The molecule has 20 heavy (non-hydrogen) atoms. The molecule has 1 atom stereocenters. The van der Waals surface area contributed by atoms with Crippen LogP contribution in [-0.2, 0) is 13.5 Å². The molecule has 1 unspecified atom stereocenters. The summed E-state index contributed by atoms with van der Waals surface area (Å²) >= 11 is 5.72. The molecule has 0 fully saturated rings. The molecule has 1 heterocycles. The largest absolute Gasteiger partial charge is 0.308 e. The van der Waals surface area contributed by atoms with Crippen molar-refractivity contribution in [3.8, 4) is 0 Å². The zero-order valence-corrected chi connectivity index (χ0v) is 12.5. The van der Waals surface area contributed by atoms with E-state index in [0.717, 1.165) is 24.2 Å².